The SMILES string of the molecule is CN(CC(=O)NCCCOCCOCCOCCCNC(=O)CI)C(=O)CCCCC1SCC2NC(=O)NC21. The van der Waals surface area contributed by atoms with Crippen LogP contribution in [0.25, 0.3) is 0 Å². The summed E-state index contributed by atoms with van der Waals surface area (Å²) in [4.78, 5) is 48.5. The van der Waals surface area contributed by atoms with Crippen LogP contribution in [0.5, 0.6) is 0 Å². The zero-order chi connectivity index (χ0) is 28.3. The Morgan fingerprint density at radius 2 is 1.54 bits per heavy atom. The molecule has 5 amide bonds. The van der Waals surface area contributed by atoms with Crippen LogP contribution >= 0.6 is 34.4 Å². The molecule has 2 heterocycles. The average Bonchev–Trinajstić information content (AvgIpc) is 3.47. The third-order valence-electron chi connectivity index (χ3n) is 6.31. The standard InChI is InChI=1S/C25H44IN5O7S/c1-31(23(34)7-3-2-6-20-24-19(18-39-20)29-25(35)30-24)17-22(33)28-9-5-11-37-13-15-38-14-12-36-10-4-8-27-21(32)16-26/h19-20,24H,2-18H2,1H3,(H,27,32)(H,28,33)(H2,29,30,35). The number of unbranched alkanes of at least 4 members (excludes halogenated alkanes) is 1. The first-order chi connectivity index (χ1) is 18.9. The normalized spacial score (nSPS) is 19.7. The molecule has 2 aliphatic rings. The summed E-state index contributed by atoms with van der Waals surface area (Å²) in [6, 6.07) is 0.334. The smallest absolute Gasteiger partial charge is 0.315 e. The molecule has 224 valence electrons. The van der Waals surface area contributed by atoms with Crippen LogP contribution in [0.4, 0.5) is 4.79 Å². The minimum atomic E-state index is -0.181. The lowest BCUT2D eigenvalue weighted by Gasteiger charge is -2.18. The van der Waals surface area contributed by atoms with Gasteiger partial charge in [0.25, 0.3) is 0 Å². The Balaban J connectivity index is 1.34. The van der Waals surface area contributed by atoms with E-state index in [1.54, 1.807) is 7.05 Å². The number of alkyl halides is 1. The molecule has 0 aromatic heterocycles. The molecule has 2 saturated heterocycles. The van der Waals surface area contributed by atoms with E-state index in [0.717, 1.165) is 31.4 Å². The molecule has 3 unspecified atom stereocenters. The Labute approximate surface area is 249 Å². The Morgan fingerprint density at radius 1 is 0.923 bits per heavy atom. The summed E-state index contributed by atoms with van der Waals surface area (Å²) in [6.45, 7) is 4.18. The van der Waals surface area contributed by atoms with Crippen LogP contribution in [-0.4, -0.2) is 122 Å². The second-order valence-corrected chi connectivity index (χ2v) is 11.5. The molecule has 2 aliphatic heterocycles. The molecule has 2 fully saturated rings. The van der Waals surface area contributed by atoms with E-state index in [-0.39, 0.29) is 42.4 Å². The van der Waals surface area contributed by atoms with Crippen LogP contribution in [0.1, 0.15) is 38.5 Å². The molecule has 0 spiro atoms. The van der Waals surface area contributed by atoms with E-state index in [9.17, 15) is 19.2 Å². The van der Waals surface area contributed by atoms with Crippen molar-refractivity contribution in [2.75, 3.05) is 76.5 Å². The first-order valence-electron chi connectivity index (χ1n) is 13.7. The largest absolute Gasteiger partial charge is 0.379 e. The first kappa shape index (κ1) is 33.8. The van der Waals surface area contributed by atoms with E-state index in [1.807, 2.05) is 34.4 Å². The zero-order valence-electron chi connectivity index (χ0n) is 22.8. The van der Waals surface area contributed by atoms with Gasteiger partial charge in [-0.25, -0.2) is 4.79 Å². The van der Waals surface area contributed by atoms with Gasteiger partial charge in [0.05, 0.1) is 49.5 Å². The number of fused-ring (bicyclic) bond motifs is 1. The van der Waals surface area contributed by atoms with Crippen molar-refractivity contribution < 1.29 is 33.4 Å². The molecular formula is C25H44IN5O7S. The van der Waals surface area contributed by atoms with E-state index in [4.69, 9.17) is 14.2 Å². The van der Waals surface area contributed by atoms with Crippen molar-refractivity contribution in [1.29, 1.82) is 0 Å². The van der Waals surface area contributed by atoms with E-state index in [1.165, 1.54) is 4.90 Å². The van der Waals surface area contributed by atoms with Crippen molar-refractivity contribution in [3.8, 4) is 0 Å². The maximum Gasteiger partial charge on any atom is 0.315 e. The highest BCUT2D eigenvalue weighted by Gasteiger charge is 2.42. The highest BCUT2D eigenvalue weighted by atomic mass is 127. The zero-order valence-corrected chi connectivity index (χ0v) is 25.8. The van der Waals surface area contributed by atoms with Crippen molar-refractivity contribution >= 4 is 58.1 Å². The number of ether oxygens (including phenoxy) is 3. The number of nitrogens with one attached hydrogen (secondary N) is 4. The van der Waals surface area contributed by atoms with Gasteiger partial charge in [-0.05, 0) is 25.7 Å². The minimum absolute atomic E-state index is 0.0353. The number of amides is 5. The Morgan fingerprint density at radius 3 is 2.18 bits per heavy atom. The van der Waals surface area contributed by atoms with Crippen LogP contribution in [0.15, 0.2) is 0 Å². The Bertz CT molecular complexity index is 766. The van der Waals surface area contributed by atoms with Gasteiger partial charge in [-0.15, -0.1) is 0 Å². The lowest BCUT2D eigenvalue weighted by Crippen LogP contribution is -2.38. The monoisotopic (exact) mass is 685 g/mol. The number of hydrogen-bond donors (Lipinski definition) is 4. The number of carbonyl (C=O) groups is 4. The second kappa shape index (κ2) is 20.5. The van der Waals surface area contributed by atoms with E-state index >= 15 is 0 Å². The predicted molar refractivity (Wildman–Crippen MR) is 158 cm³/mol. The van der Waals surface area contributed by atoms with Crippen molar-refractivity contribution in [3.05, 3.63) is 0 Å². The number of likely N-dealkylation sites (N-methyl/N-ethyl adjacent to an activating group) is 1. The van der Waals surface area contributed by atoms with Crippen LogP contribution < -0.4 is 21.3 Å². The molecular weight excluding hydrogens is 641 g/mol. The third kappa shape index (κ3) is 14.7. The van der Waals surface area contributed by atoms with Crippen molar-refractivity contribution in [3.63, 3.8) is 0 Å². The van der Waals surface area contributed by atoms with Gasteiger partial charge in [0.15, 0.2) is 0 Å². The molecule has 3 atom stereocenters. The van der Waals surface area contributed by atoms with Gasteiger partial charge in [0.1, 0.15) is 0 Å². The van der Waals surface area contributed by atoms with Gasteiger partial charge in [-0.2, -0.15) is 11.8 Å². The number of carbonyl (C=O) groups excluding carboxylic acids is 4. The van der Waals surface area contributed by atoms with Crippen molar-refractivity contribution in [2.24, 2.45) is 0 Å². The summed E-state index contributed by atoms with van der Waals surface area (Å²) in [7, 11) is 1.65. The molecule has 0 aromatic carbocycles. The molecule has 14 heteroatoms. The number of hydrogen-bond acceptors (Lipinski definition) is 8. The van der Waals surface area contributed by atoms with Gasteiger partial charge in [0, 0.05) is 50.8 Å². The van der Waals surface area contributed by atoms with Gasteiger partial charge >= 0.3 is 6.03 Å². The highest BCUT2D eigenvalue weighted by molar-refractivity contribution is 14.1. The molecule has 0 aromatic rings. The molecule has 0 saturated carbocycles. The second-order valence-electron chi connectivity index (χ2n) is 9.50. The third-order valence-corrected chi connectivity index (χ3v) is 8.52. The first-order valence-corrected chi connectivity index (χ1v) is 16.2. The maximum atomic E-state index is 12.4. The van der Waals surface area contributed by atoms with Crippen LogP contribution in [0.2, 0.25) is 0 Å². The number of halogens is 1. The lowest BCUT2D eigenvalue weighted by atomic mass is 10.0. The maximum absolute atomic E-state index is 12.4. The van der Waals surface area contributed by atoms with Gasteiger partial charge in [-0.1, -0.05) is 29.0 Å². The lowest BCUT2D eigenvalue weighted by molar-refractivity contribution is -0.134. The summed E-state index contributed by atoms with van der Waals surface area (Å²) >= 11 is 3.90. The quantitative estimate of drug-likeness (QED) is 0.0563. The summed E-state index contributed by atoms with van der Waals surface area (Å²) < 4.78 is 16.8. The summed E-state index contributed by atoms with van der Waals surface area (Å²) in [5, 5.41) is 11.9. The van der Waals surface area contributed by atoms with Gasteiger partial charge in [0.2, 0.25) is 17.7 Å². The van der Waals surface area contributed by atoms with Crippen molar-refractivity contribution in [2.45, 2.75) is 55.9 Å². The molecule has 39 heavy (non-hydrogen) atoms. The minimum Gasteiger partial charge on any atom is -0.379 e. The fraction of sp³-hybridized carbons (Fsp3) is 0.840. The molecule has 0 aliphatic carbocycles. The highest BCUT2D eigenvalue weighted by Crippen LogP contribution is 2.33. The molecule has 2 rings (SSSR count). The van der Waals surface area contributed by atoms with Crippen LogP contribution in [-0.2, 0) is 28.6 Å². The molecule has 4 N–H and O–H groups in total. The molecule has 0 radical (unpaired) electrons. The Kier molecular flexibility index (Phi) is 17.8. The number of nitrogens with zero attached hydrogens (tertiary/aromatic N) is 1. The number of thioether (sulfide) groups is 1. The van der Waals surface area contributed by atoms with Gasteiger partial charge in [-0.3, -0.25) is 14.4 Å². The van der Waals surface area contributed by atoms with Crippen molar-refractivity contribution in [1.82, 2.24) is 26.2 Å². The van der Waals surface area contributed by atoms with Crippen LogP contribution in [0, 0.1) is 0 Å². The van der Waals surface area contributed by atoms with Crippen LogP contribution in [0.3, 0.4) is 0 Å². The average molecular weight is 686 g/mol. The topological polar surface area (TPSA) is 147 Å². The van der Waals surface area contributed by atoms with E-state index in [2.05, 4.69) is 21.3 Å². The molecule has 0 bridgehead atoms. The molecule has 12 nitrogen and oxygen atoms in total. The summed E-state index contributed by atoms with van der Waals surface area (Å²) in [5.41, 5.74) is 0. The summed E-state index contributed by atoms with van der Waals surface area (Å²) in [6.07, 6.45) is 4.53. The summed E-state index contributed by atoms with van der Waals surface area (Å²) in [5.74, 6) is 0.758. The fourth-order valence-corrected chi connectivity index (χ4v) is 6.02. The number of rotatable bonds is 22. The fourth-order valence-electron chi connectivity index (χ4n) is 4.21. The van der Waals surface area contributed by atoms with E-state index in [0.29, 0.717) is 75.2 Å². The van der Waals surface area contributed by atoms with E-state index < -0.39 is 0 Å². The van der Waals surface area contributed by atoms with Gasteiger partial charge < -0.3 is 40.4 Å². The predicted octanol–water partition coefficient (Wildman–Crippen LogP) is 0.668. The number of urea groups is 1. The Hall–Kier alpha value is -1.36.